The minimum atomic E-state index is -0.538. The number of hydrogen-bond acceptors (Lipinski definition) is 6. The Morgan fingerprint density at radius 3 is 0.900 bits per heavy atom. The normalized spacial score (nSPS) is 20.8. The van der Waals surface area contributed by atoms with Crippen molar-refractivity contribution in [3.8, 4) is 0 Å². The van der Waals surface area contributed by atoms with Gasteiger partial charge in [0.05, 0.1) is 16.7 Å². The molecule has 0 bridgehead atoms. The van der Waals surface area contributed by atoms with Crippen LogP contribution in [0.5, 0.6) is 0 Å². The highest BCUT2D eigenvalue weighted by atomic mass is 16.2. The number of hydrogen-bond donors (Lipinski definition) is 0. The zero-order valence-electron chi connectivity index (χ0n) is 37.3. The Kier molecular flexibility index (Phi) is 12.0. The van der Waals surface area contributed by atoms with E-state index in [1.165, 1.54) is 16.7 Å². The zero-order chi connectivity index (χ0) is 43.0. The fraction of sp³-hybridized carbons (Fsp3) is 0.389. The average Bonchev–Trinajstić information content (AvgIpc) is 3.69. The fourth-order valence-corrected chi connectivity index (χ4v) is 9.78. The van der Waals surface area contributed by atoms with Crippen molar-refractivity contribution in [2.24, 2.45) is 0 Å². The van der Waals surface area contributed by atoms with E-state index in [9.17, 15) is 14.4 Å². The molecule has 4 aliphatic rings. The van der Waals surface area contributed by atoms with Crippen molar-refractivity contribution in [1.82, 2.24) is 0 Å². The van der Waals surface area contributed by atoms with Crippen molar-refractivity contribution in [3.63, 3.8) is 0 Å². The molecule has 0 saturated heterocycles. The van der Waals surface area contributed by atoms with Crippen molar-refractivity contribution in [3.05, 3.63) is 160 Å². The second-order valence-electron chi connectivity index (χ2n) is 18.3. The summed E-state index contributed by atoms with van der Waals surface area (Å²) in [6.07, 6.45) is 17.0. The van der Waals surface area contributed by atoms with Crippen molar-refractivity contribution < 1.29 is 14.4 Å². The number of carbonyl (C=O) groups excluding carboxylic acids is 3. The van der Waals surface area contributed by atoms with Crippen LogP contribution in [-0.4, -0.2) is 37.0 Å². The highest BCUT2D eigenvalue weighted by Crippen LogP contribution is 2.50. The third-order valence-corrected chi connectivity index (χ3v) is 13.3. The van der Waals surface area contributed by atoms with Gasteiger partial charge in [0.15, 0.2) is 0 Å². The summed E-state index contributed by atoms with van der Waals surface area (Å²) in [5.41, 5.74) is 9.09. The molecule has 0 atom stereocenters. The minimum absolute atomic E-state index is 0.00668. The van der Waals surface area contributed by atoms with E-state index >= 15 is 0 Å². The molecular weight excluding hydrogens is 739 g/mol. The van der Waals surface area contributed by atoms with Crippen molar-refractivity contribution in [2.75, 3.05) is 34.3 Å². The molecular formula is C54H63N3O3. The Labute approximate surface area is 358 Å². The molecule has 1 saturated carbocycles. The van der Waals surface area contributed by atoms with Gasteiger partial charge in [0.2, 0.25) is 17.3 Å². The number of benzene rings is 3. The third-order valence-electron chi connectivity index (χ3n) is 13.3. The second kappa shape index (κ2) is 16.9. The van der Waals surface area contributed by atoms with E-state index in [4.69, 9.17) is 0 Å². The fourth-order valence-electron chi connectivity index (χ4n) is 9.78. The molecule has 1 fully saturated rings. The number of fused-ring (bicyclic) bond motifs is 3. The predicted molar refractivity (Wildman–Crippen MR) is 249 cm³/mol. The largest absolute Gasteiger partial charge is 0.344 e. The average molecular weight is 802 g/mol. The second-order valence-corrected chi connectivity index (χ2v) is 18.3. The number of anilines is 3. The highest BCUT2D eigenvalue weighted by Gasteiger charge is 2.44. The summed E-state index contributed by atoms with van der Waals surface area (Å²) >= 11 is 0. The molecule has 1 aliphatic carbocycles. The maximum atomic E-state index is 14.7. The first-order chi connectivity index (χ1) is 28.7. The summed E-state index contributed by atoms with van der Waals surface area (Å²) in [5, 5.41) is 0. The van der Waals surface area contributed by atoms with Gasteiger partial charge < -0.3 is 14.7 Å². The topological polar surface area (TPSA) is 60.9 Å². The van der Waals surface area contributed by atoms with Gasteiger partial charge in [0, 0.05) is 70.0 Å². The van der Waals surface area contributed by atoms with E-state index < -0.39 is 17.3 Å². The van der Waals surface area contributed by atoms with Gasteiger partial charge >= 0.3 is 0 Å². The Morgan fingerprint density at radius 1 is 0.400 bits per heavy atom. The molecule has 6 heteroatoms. The van der Waals surface area contributed by atoms with E-state index in [2.05, 4.69) is 150 Å². The van der Waals surface area contributed by atoms with Gasteiger partial charge in [0.25, 0.3) is 0 Å². The summed E-state index contributed by atoms with van der Waals surface area (Å²) in [6.45, 7) is 22.2. The maximum Gasteiger partial charge on any atom is 0.200 e. The van der Waals surface area contributed by atoms with Crippen LogP contribution in [0.2, 0.25) is 0 Å². The molecule has 0 aromatic heterocycles. The van der Waals surface area contributed by atoms with Gasteiger partial charge in [-0.15, -0.1) is 0 Å². The first-order valence-corrected chi connectivity index (χ1v) is 22.2. The van der Waals surface area contributed by atoms with Crippen molar-refractivity contribution >= 4 is 34.4 Å². The van der Waals surface area contributed by atoms with E-state index in [1.807, 2.05) is 18.2 Å². The molecule has 3 aromatic carbocycles. The lowest BCUT2D eigenvalue weighted by Crippen LogP contribution is -2.32. The van der Waals surface area contributed by atoms with Crippen LogP contribution in [0.15, 0.2) is 143 Å². The lowest BCUT2D eigenvalue weighted by molar-refractivity contribution is -0.124. The molecule has 3 heterocycles. The summed E-state index contributed by atoms with van der Waals surface area (Å²) in [7, 11) is 0. The summed E-state index contributed by atoms with van der Waals surface area (Å²) < 4.78 is 0. The van der Waals surface area contributed by atoms with Crippen molar-refractivity contribution in [1.29, 1.82) is 0 Å². The molecule has 0 N–H and O–H groups in total. The number of Topliss-reactive ketones (excluding diaryl/α,β-unsaturated/α-hetero) is 3. The van der Waals surface area contributed by atoms with Crippen molar-refractivity contribution in [2.45, 2.75) is 117 Å². The number of nitrogens with zero attached hydrogens (tertiary/aromatic N) is 3. The first-order valence-electron chi connectivity index (χ1n) is 22.2. The first kappa shape index (κ1) is 42.6. The standard InChI is InChI=1S/C54H63N3O3/c1-10-13-34-55-43-25-19-16-22-40(43)52(4,5)46(55)31-28-37-49(58)38(29-32-47-53(6,7)41-23-17-20-26-44(41)56(47)35-14-11-2)51(60)39(50(37)59)30-33-48-54(8,9)42-24-18-21-27-45(42)57(48)36-15-12-3/h16-33H,10-15,34-36H2,1-9H3/b37-28?,38-29?,39-30?,46-31+,47-32+,48-33+. The van der Waals surface area contributed by atoms with Crippen LogP contribution in [-0.2, 0) is 30.6 Å². The Balaban J connectivity index is 1.39. The van der Waals surface area contributed by atoms with Crippen LogP contribution < -0.4 is 14.7 Å². The number of unbranched alkanes of at least 4 members (excludes halogenated alkanes) is 3. The van der Waals surface area contributed by atoms with Crippen LogP contribution in [0.1, 0.15) is 118 Å². The molecule has 0 amide bonds. The molecule has 6 nitrogen and oxygen atoms in total. The SMILES string of the molecule is CCCCN1/C(=C/C=C2C(=O)C(=C/C=C3/N(CCCC)c4ccccc4C3(C)C)C(=O)C(=C/C=C3/N(CCCC)c4ccccc4C3(C)C)C2=O)C(C)(C)c2ccccc21. The summed E-state index contributed by atoms with van der Waals surface area (Å²) in [4.78, 5) is 51.2. The number of rotatable bonds is 12. The number of ketones is 3. The van der Waals surface area contributed by atoms with E-state index in [-0.39, 0.29) is 33.0 Å². The summed E-state index contributed by atoms with van der Waals surface area (Å²) in [6, 6.07) is 25.3. The smallest absolute Gasteiger partial charge is 0.200 e. The Morgan fingerprint density at radius 2 is 0.650 bits per heavy atom. The van der Waals surface area contributed by atoms with Gasteiger partial charge in [-0.1, -0.05) is 136 Å². The van der Waals surface area contributed by atoms with E-state index in [0.29, 0.717) is 0 Å². The van der Waals surface area contributed by atoms with E-state index in [0.717, 1.165) is 92.3 Å². The van der Waals surface area contributed by atoms with Crippen LogP contribution >= 0.6 is 0 Å². The molecule has 312 valence electrons. The molecule has 7 rings (SSSR count). The molecule has 60 heavy (non-hydrogen) atoms. The van der Waals surface area contributed by atoms with Crippen LogP contribution in [0, 0.1) is 0 Å². The highest BCUT2D eigenvalue weighted by molar-refractivity contribution is 6.52. The summed E-state index contributed by atoms with van der Waals surface area (Å²) in [5.74, 6) is -1.62. The Hall–Kier alpha value is -5.49. The zero-order valence-corrected chi connectivity index (χ0v) is 37.3. The third kappa shape index (κ3) is 7.26. The number of carbonyl (C=O) groups is 3. The number of para-hydroxylation sites is 3. The molecule has 3 aromatic rings. The number of allylic oxidation sites excluding steroid dienone is 12. The molecule has 3 aliphatic heterocycles. The quantitative estimate of drug-likeness (QED) is 0.134. The molecule has 0 spiro atoms. The monoisotopic (exact) mass is 801 g/mol. The van der Waals surface area contributed by atoms with E-state index in [1.54, 1.807) is 18.2 Å². The maximum absolute atomic E-state index is 14.7. The Bertz CT molecular complexity index is 2110. The molecule has 0 radical (unpaired) electrons. The van der Waals surface area contributed by atoms with Gasteiger partial charge in [-0.05, 0) is 90.6 Å². The lowest BCUT2D eigenvalue weighted by Gasteiger charge is -2.28. The minimum Gasteiger partial charge on any atom is -0.344 e. The predicted octanol–water partition coefficient (Wildman–Crippen LogP) is 11.9. The molecule has 0 unspecified atom stereocenters. The lowest BCUT2D eigenvalue weighted by atomic mass is 9.80. The van der Waals surface area contributed by atoms with Gasteiger partial charge in [0.1, 0.15) is 0 Å². The van der Waals surface area contributed by atoms with Gasteiger partial charge in [-0.3, -0.25) is 14.4 Å². The van der Waals surface area contributed by atoms with Crippen LogP contribution in [0.4, 0.5) is 17.1 Å². The van der Waals surface area contributed by atoms with Gasteiger partial charge in [-0.25, -0.2) is 0 Å². The van der Waals surface area contributed by atoms with Crippen LogP contribution in [0.25, 0.3) is 0 Å². The van der Waals surface area contributed by atoms with Crippen LogP contribution in [0.3, 0.4) is 0 Å². The van der Waals surface area contributed by atoms with Gasteiger partial charge in [-0.2, -0.15) is 0 Å².